The standard InChI is InChI=1S/C10H9Cl2NO2/c1-13-8-5-6(11)4-7(12)10(8)15-3-2-9(13)14/h4-5H,2-3H2,1H3. The summed E-state index contributed by atoms with van der Waals surface area (Å²) in [5.74, 6) is 0.515. The fourth-order valence-corrected chi connectivity index (χ4v) is 2.02. The molecule has 1 aromatic rings. The highest BCUT2D eigenvalue weighted by Gasteiger charge is 2.22. The summed E-state index contributed by atoms with van der Waals surface area (Å²) in [4.78, 5) is 13.1. The molecule has 0 radical (unpaired) electrons. The topological polar surface area (TPSA) is 29.5 Å². The highest BCUT2D eigenvalue weighted by atomic mass is 35.5. The molecule has 0 unspecified atom stereocenters. The second-order valence-corrected chi connectivity index (χ2v) is 4.13. The van der Waals surface area contributed by atoms with Crippen molar-refractivity contribution >= 4 is 34.8 Å². The van der Waals surface area contributed by atoms with Crippen LogP contribution in [0.25, 0.3) is 0 Å². The number of carbonyl (C=O) groups is 1. The lowest BCUT2D eigenvalue weighted by Gasteiger charge is -2.17. The van der Waals surface area contributed by atoms with Crippen molar-refractivity contribution in [1.82, 2.24) is 0 Å². The minimum absolute atomic E-state index is 0.00733. The summed E-state index contributed by atoms with van der Waals surface area (Å²) in [6.07, 6.45) is 0.346. The van der Waals surface area contributed by atoms with Gasteiger partial charge in [-0.25, -0.2) is 0 Å². The zero-order chi connectivity index (χ0) is 11.0. The summed E-state index contributed by atoms with van der Waals surface area (Å²) in [5.41, 5.74) is 0.620. The van der Waals surface area contributed by atoms with Crippen LogP contribution in [0, 0.1) is 0 Å². The first-order valence-corrected chi connectivity index (χ1v) is 5.23. The lowest BCUT2D eigenvalue weighted by Crippen LogP contribution is -2.25. The lowest BCUT2D eigenvalue weighted by atomic mass is 10.2. The summed E-state index contributed by atoms with van der Waals surface area (Å²) in [6, 6.07) is 3.28. The van der Waals surface area contributed by atoms with Crippen LogP contribution >= 0.6 is 23.2 Å². The van der Waals surface area contributed by atoms with Crippen molar-refractivity contribution in [3.05, 3.63) is 22.2 Å². The van der Waals surface area contributed by atoms with Gasteiger partial charge < -0.3 is 9.64 Å². The van der Waals surface area contributed by atoms with E-state index in [0.29, 0.717) is 34.5 Å². The van der Waals surface area contributed by atoms with Gasteiger partial charge in [-0.05, 0) is 12.1 Å². The van der Waals surface area contributed by atoms with E-state index in [0.717, 1.165) is 0 Å². The molecule has 1 aliphatic heterocycles. The second kappa shape index (κ2) is 3.91. The third-order valence-electron chi connectivity index (χ3n) is 2.29. The van der Waals surface area contributed by atoms with Gasteiger partial charge >= 0.3 is 0 Å². The minimum Gasteiger partial charge on any atom is -0.489 e. The van der Waals surface area contributed by atoms with Gasteiger partial charge in [-0.1, -0.05) is 23.2 Å². The molecule has 0 atom stereocenters. The number of fused-ring (bicyclic) bond motifs is 1. The molecule has 3 nitrogen and oxygen atoms in total. The third-order valence-corrected chi connectivity index (χ3v) is 2.79. The van der Waals surface area contributed by atoms with Gasteiger partial charge in [0.1, 0.15) is 0 Å². The van der Waals surface area contributed by atoms with E-state index >= 15 is 0 Å². The average Bonchev–Trinajstić information content (AvgIpc) is 2.30. The van der Waals surface area contributed by atoms with Crippen molar-refractivity contribution in [3.63, 3.8) is 0 Å². The number of benzene rings is 1. The SMILES string of the molecule is CN1C(=O)CCOc2c(Cl)cc(Cl)cc21. The number of hydrogen-bond acceptors (Lipinski definition) is 2. The molecule has 1 amide bonds. The highest BCUT2D eigenvalue weighted by molar-refractivity contribution is 6.36. The molecular formula is C10H9Cl2NO2. The Morgan fingerprint density at radius 1 is 1.40 bits per heavy atom. The van der Waals surface area contributed by atoms with Crippen molar-refractivity contribution in [3.8, 4) is 5.75 Å². The van der Waals surface area contributed by atoms with Crippen LogP contribution in [-0.4, -0.2) is 19.6 Å². The van der Waals surface area contributed by atoms with Gasteiger partial charge in [-0.3, -0.25) is 4.79 Å². The highest BCUT2D eigenvalue weighted by Crippen LogP contribution is 2.39. The van der Waals surface area contributed by atoms with Gasteiger partial charge in [0.2, 0.25) is 5.91 Å². The normalized spacial score (nSPS) is 15.7. The Bertz CT molecular complexity index is 420. The number of carbonyl (C=O) groups excluding carboxylic acids is 1. The van der Waals surface area contributed by atoms with Crippen molar-refractivity contribution in [2.24, 2.45) is 0 Å². The summed E-state index contributed by atoms with van der Waals surface area (Å²) >= 11 is 11.9. The maximum Gasteiger partial charge on any atom is 0.230 e. The Hall–Kier alpha value is -0.930. The van der Waals surface area contributed by atoms with Gasteiger partial charge in [0.25, 0.3) is 0 Å². The maximum absolute atomic E-state index is 11.6. The number of anilines is 1. The van der Waals surface area contributed by atoms with Crippen LogP contribution in [0.2, 0.25) is 10.0 Å². The van der Waals surface area contributed by atoms with Gasteiger partial charge in [0.15, 0.2) is 5.75 Å². The molecule has 1 heterocycles. The van der Waals surface area contributed by atoms with Gasteiger partial charge in [-0.2, -0.15) is 0 Å². The molecule has 80 valence electrons. The van der Waals surface area contributed by atoms with Gasteiger partial charge in [0, 0.05) is 12.1 Å². The van der Waals surface area contributed by atoms with Crippen LogP contribution < -0.4 is 9.64 Å². The fraction of sp³-hybridized carbons (Fsp3) is 0.300. The molecule has 0 saturated carbocycles. The van der Waals surface area contributed by atoms with Crippen molar-refractivity contribution in [1.29, 1.82) is 0 Å². The van der Waals surface area contributed by atoms with E-state index in [1.807, 2.05) is 0 Å². The van der Waals surface area contributed by atoms with E-state index in [-0.39, 0.29) is 5.91 Å². The largest absolute Gasteiger partial charge is 0.489 e. The second-order valence-electron chi connectivity index (χ2n) is 3.29. The van der Waals surface area contributed by atoms with E-state index < -0.39 is 0 Å². The minimum atomic E-state index is -0.00733. The molecule has 0 N–H and O–H groups in total. The monoisotopic (exact) mass is 245 g/mol. The quantitative estimate of drug-likeness (QED) is 0.704. The molecule has 0 fully saturated rings. The smallest absolute Gasteiger partial charge is 0.230 e. The number of nitrogens with zero attached hydrogens (tertiary/aromatic N) is 1. The number of rotatable bonds is 0. The first-order chi connectivity index (χ1) is 7.09. The number of hydrogen-bond donors (Lipinski definition) is 0. The average molecular weight is 246 g/mol. The summed E-state index contributed by atoms with van der Waals surface area (Å²) in [6.45, 7) is 0.345. The molecule has 0 spiro atoms. The molecule has 1 aliphatic rings. The zero-order valence-electron chi connectivity index (χ0n) is 8.09. The predicted octanol–water partition coefficient (Wildman–Crippen LogP) is 2.74. The van der Waals surface area contributed by atoms with Gasteiger partial charge in [0.05, 0.1) is 23.7 Å². The van der Waals surface area contributed by atoms with Crippen LogP contribution in [0.3, 0.4) is 0 Å². The maximum atomic E-state index is 11.6. The van der Waals surface area contributed by atoms with Gasteiger partial charge in [-0.15, -0.1) is 0 Å². The van der Waals surface area contributed by atoms with Crippen molar-refractivity contribution < 1.29 is 9.53 Å². The first kappa shape index (κ1) is 10.6. The van der Waals surface area contributed by atoms with Crippen LogP contribution in [0.1, 0.15) is 6.42 Å². The molecule has 0 saturated heterocycles. The summed E-state index contributed by atoms with van der Waals surface area (Å²) in [5, 5.41) is 0.919. The fourth-order valence-electron chi connectivity index (χ4n) is 1.48. The van der Waals surface area contributed by atoms with Crippen LogP contribution in [0.4, 0.5) is 5.69 Å². The Morgan fingerprint density at radius 2 is 2.13 bits per heavy atom. The van der Waals surface area contributed by atoms with Crippen LogP contribution in [0.5, 0.6) is 5.75 Å². The predicted molar refractivity (Wildman–Crippen MR) is 60.0 cm³/mol. The molecule has 5 heteroatoms. The number of ether oxygens (including phenoxy) is 1. The van der Waals surface area contributed by atoms with Crippen molar-refractivity contribution in [2.75, 3.05) is 18.6 Å². The Balaban J connectivity index is 2.58. The summed E-state index contributed by atoms with van der Waals surface area (Å²) < 4.78 is 5.42. The van der Waals surface area contributed by atoms with Crippen LogP contribution in [0.15, 0.2) is 12.1 Å². The molecule has 0 aliphatic carbocycles. The third kappa shape index (κ3) is 1.90. The Kier molecular flexibility index (Phi) is 2.76. The van der Waals surface area contributed by atoms with Crippen LogP contribution in [-0.2, 0) is 4.79 Å². The molecule has 0 bridgehead atoms. The lowest BCUT2D eigenvalue weighted by molar-refractivity contribution is -0.118. The molecule has 1 aromatic carbocycles. The van der Waals surface area contributed by atoms with E-state index in [9.17, 15) is 4.79 Å². The number of amides is 1. The molecular weight excluding hydrogens is 237 g/mol. The molecule has 0 aromatic heterocycles. The van der Waals surface area contributed by atoms with E-state index in [1.54, 1.807) is 19.2 Å². The van der Waals surface area contributed by atoms with Crippen molar-refractivity contribution in [2.45, 2.75) is 6.42 Å². The first-order valence-electron chi connectivity index (χ1n) is 4.48. The zero-order valence-corrected chi connectivity index (χ0v) is 9.60. The number of halogens is 2. The van der Waals surface area contributed by atoms with E-state index in [2.05, 4.69) is 0 Å². The Labute approximate surface area is 97.5 Å². The molecule has 15 heavy (non-hydrogen) atoms. The summed E-state index contributed by atoms with van der Waals surface area (Å²) in [7, 11) is 1.68. The Morgan fingerprint density at radius 3 is 2.87 bits per heavy atom. The van der Waals surface area contributed by atoms with E-state index in [4.69, 9.17) is 27.9 Å². The molecule has 2 rings (SSSR count). The van der Waals surface area contributed by atoms with E-state index in [1.165, 1.54) is 4.90 Å².